The van der Waals surface area contributed by atoms with E-state index in [-0.39, 0.29) is 42.1 Å². The van der Waals surface area contributed by atoms with Crippen LogP contribution in [0, 0.1) is 11.6 Å². The third-order valence-electron chi connectivity index (χ3n) is 5.97. The van der Waals surface area contributed by atoms with Crippen LogP contribution < -0.4 is 9.64 Å². The molecule has 0 radical (unpaired) electrons. The summed E-state index contributed by atoms with van der Waals surface area (Å²) in [7, 11) is 1.41. The van der Waals surface area contributed by atoms with Crippen molar-refractivity contribution in [2.45, 2.75) is 13.0 Å². The monoisotopic (exact) mass is 448 g/mol. The van der Waals surface area contributed by atoms with Crippen LogP contribution in [0.5, 0.6) is 5.75 Å². The summed E-state index contributed by atoms with van der Waals surface area (Å²) in [5.41, 5.74) is 1.86. The molecule has 0 aliphatic carbocycles. The van der Waals surface area contributed by atoms with Gasteiger partial charge in [-0.25, -0.2) is 8.78 Å². The van der Waals surface area contributed by atoms with Gasteiger partial charge in [-0.2, -0.15) is 0 Å². The molecule has 2 heterocycles. The molecular formula is C25H18F2N2O4. The lowest BCUT2D eigenvalue weighted by Crippen LogP contribution is -2.31. The summed E-state index contributed by atoms with van der Waals surface area (Å²) in [6, 6.07) is 13.3. The minimum absolute atomic E-state index is 0.0313. The summed E-state index contributed by atoms with van der Waals surface area (Å²) in [4.78, 5) is 41.2. The maximum absolute atomic E-state index is 14.1. The Bertz CT molecular complexity index is 1300. The van der Waals surface area contributed by atoms with E-state index in [0.717, 1.165) is 17.0 Å². The highest BCUT2D eigenvalue weighted by Gasteiger charge is 2.35. The lowest BCUT2D eigenvalue weighted by Gasteiger charge is -2.20. The molecule has 5 rings (SSSR count). The Kier molecular flexibility index (Phi) is 4.92. The Hall–Kier alpha value is -4.07. The van der Waals surface area contributed by atoms with E-state index in [1.807, 2.05) is 0 Å². The first-order chi connectivity index (χ1) is 15.9. The number of amides is 3. The van der Waals surface area contributed by atoms with Crippen LogP contribution >= 0.6 is 0 Å². The van der Waals surface area contributed by atoms with Crippen molar-refractivity contribution >= 4 is 23.4 Å². The number of nitrogens with zero attached hydrogens (tertiary/aromatic N) is 2. The molecule has 2 aliphatic rings. The van der Waals surface area contributed by atoms with Gasteiger partial charge >= 0.3 is 0 Å². The van der Waals surface area contributed by atoms with Gasteiger partial charge in [-0.3, -0.25) is 19.3 Å². The number of hydrogen-bond acceptors (Lipinski definition) is 4. The van der Waals surface area contributed by atoms with Crippen molar-refractivity contribution in [1.29, 1.82) is 0 Å². The van der Waals surface area contributed by atoms with Gasteiger partial charge < -0.3 is 9.64 Å². The number of ether oxygens (including phenoxy) is 1. The van der Waals surface area contributed by atoms with Crippen molar-refractivity contribution in [2.24, 2.45) is 0 Å². The van der Waals surface area contributed by atoms with E-state index in [1.165, 1.54) is 12.0 Å². The topological polar surface area (TPSA) is 66.9 Å². The van der Waals surface area contributed by atoms with Crippen molar-refractivity contribution in [2.75, 3.05) is 18.6 Å². The lowest BCUT2D eigenvalue weighted by atomic mass is 10.1. The van der Waals surface area contributed by atoms with Crippen LogP contribution in [0.4, 0.5) is 14.5 Å². The van der Waals surface area contributed by atoms with Gasteiger partial charge in [0, 0.05) is 18.2 Å². The number of anilines is 1. The second-order valence-corrected chi connectivity index (χ2v) is 7.87. The molecule has 8 heteroatoms. The number of fused-ring (bicyclic) bond motifs is 2. The third-order valence-corrected chi connectivity index (χ3v) is 5.97. The number of rotatable bonds is 4. The first-order valence-electron chi connectivity index (χ1n) is 10.3. The zero-order valence-electron chi connectivity index (χ0n) is 17.6. The normalized spacial score (nSPS) is 14.5. The fourth-order valence-electron chi connectivity index (χ4n) is 4.36. The number of hydrogen-bond donors (Lipinski definition) is 0. The summed E-state index contributed by atoms with van der Waals surface area (Å²) >= 11 is 0. The second kappa shape index (κ2) is 7.81. The average Bonchev–Trinajstić information content (AvgIpc) is 3.34. The molecule has 166 valence electrons. The number of methoxy groups -OCH3 is 1. The summed E-state index contributed by atoms with van der Waals surface area (Å²) < 4.78 is 33.3. The zero-order chi connectivity index (χ0) is 23.3. The molecule has 3 aromatic carbocycles. The molecule has 33 heavy (non-hydrogen) atoms. The highest BCUT2D eigenvalue weighted by atomic mass is 19.1. The van der Waals surface area contributed by atoms with Gasteiger partial charge in [-0.1, -0.05) is 18.2 Å². The molecule has 0 saturated carbocycles. The SMILES string of the molecule is COc1ccc(CN2C(=O)c3ccccc3C2=O)cc1C(=O)N1CCc2c(F)cc(F)cc21. The Labute approximate surface area is 188 Å². The van der Waals surface area contributed by atoms with Crippen molar-refractivity contribution in [3.05, 3.63) is 94.0 Å². The Morgan fingerprint density at radius 1 is 1.00 bits per heavy atom. The molecule has 0 spiro atoms. The lowest BCUT2D eigenvalue weighted by molar-refractivity contribution is 0.0642. The van der Waals surface area contributed by atoms with Crippen LogP contribution in [0.1, 0.15) is 42.2 Å². The van der Waals surface area contributed by atoms with E-state index in [9.17, 15) is 23.2 Å². The third kappa shape index (κ3) is 3.34. The molecule has 3 aromatic rings. The predicted octanol–water partition coefficient (Wildman–Crippen LogP) is 3.97. The highest BCUT2D eigenvalue weighted by Crippen LogP contribution is 2.34. The van der Waals surface area contributed by atoms with Crippen molar-refractivity contribution in [3.8, 4) is 5.75 Å². The van der Waals surface area contributed by atoms with E-state index in [4.69, 9.17) is 4.74 Å². The first kappa shape index (κ1) is 20.8. The van der Waals surface area contributed by atoms with Gasteiger partial charge in [0.25, 0.3) is 17.7 Å². The Morgan fingerprint density at radius 3 is 2.36 bits per heavy atom. The molecule has 2 aliphatic heterocycles. The fourth-order valence-corrected chi connectivity index (χ4v) is 4.36. The molecular weight excluding hydrogens is 430 g/mol. The van der Waals surface area contributed by atoms with E-state index in [1.54, 1.807) is 42.5 Å². The molecule has 0 fully saturated rings. The number of halogens is 2. The predicted molar refractivity (Wildman–Crippen MR) is 115 cm³/mol. The van der Waals surface area contributed by atoms with Gasteiger partial charge in [0.15, 0.2) is 0 Å². The Morgan fingerprint density at radius 2 is 1.70 bits per heavy atom. The number of carbonyl (C=O) groups excluding carboxylic acids is 3. The number of carbonyl (C=O) groups is 3. The summed E-state index contributed by atoms with van der Waals surface area (Å²) in [6.07, 6.45) is 0.268. The minimum atomic E-state index is -0.766. The maximum Gasteiger partial charge on any atom is 0.262 e. The Balaban J connectivity index is 1.47. The van der Waals surface area contributed by atoms with Crippen LogP contribution in [-0.2, 0) is 13.0 Å². The summed E-state index contributed by atoms with van der Waals surface area (Å²) in [6.45, 7) is 0.163. The number of benzene rings is 3. The highest BCUT2D eigenvalue weighted by molar-refractivity contribution is 6.21. The largest absolute Gasteiger partial charge is 0.496 e. The smallest absolute Gasteiger partial charge is 0.262 e. The quantitative estimate of drug-likeness (QED) is 0.567. The van der Waals surface area contributed by atoms with E-state index in [0.29, 0.717) is 16.7 Å². The van der Waals surface area contributed by atoms with Crippen LogP contribution in [0.3, 0.4) is 0 Å². The van der Waals surface area contributed by atoms with Gasteiger partial charge in [-0.05, 0) is 42.3 Å². The molecule has 0 N–H and O–H groups in total. The zero-order valence-corrected chi connectivity index (χ0v) is 17.6. The van der Waals surface area contributed by atoms with Crippen molar-refractivity contribution in [1.82, 2.24) is 4.90 Å². The molecule has 0 atom stereocenters. The van der Waals surface area contributed by atoms with Crippen LogP contribution in [0.2, 0.25) is 0 Å². The molecule has 0 aromatic heterocycles. The van der Waals surface area contributed by atoms with Gasteiger partial charge in [0.05, 0.1) is 36.0 Å². The van der Waals surface area contributed by atoms with E-state index in [2.05, 4.69) is 0 Å². The van der Waals surface area contributed by atoms with E-state index >= 15 is 0 Å². The average molecular weight is 448 g/mol. The molecule has 0 unspecified atom stereocenters. The maximum atomic E-state index is 14.1. The summed E-state index contributed by atoms with van der Waals surface area (Å²) in [5, 5.41) is 0. The van der Waals surface area contributed by atoms with Gasteiger partial charge in [0.2, 0.25) is 0 Å². The van der Waals surface area contributed by atoms with Crippen molar-refractivity contribution < 1.29 is 27.9 Å². The number of imide groups is 1. The second-order valence-electron chi connectivity index (χ2n) is 7.87. The fraction of sp³-hybridized carbons (Fsp3) is 0.160. The van der Waals surface area contributed by atoms with E-state index < -0.39 is 29.4 Å². The van der Waals surface area contributed by atoms with Crippen molar-refractivity contribution in [3.63, 3.8) is 0 Å². The van der Waals surface area contributed by atoms with Gasteiger partial charge in [-0.15, -0.1) is 0 Å². The first-order valence-corrected chi connectivity index (χ1v) is 10.3. The molecule has 3 amide bonds. The molecule has 0 bridgehead atoms. The van der Waals surface area contributed by atoms with Gasteiger partial charge in [0.1, 0.15) is 17.4 Å². The minimum Gasteiger partial charge on any atom is -0.496 e. The molecule has 0 saturated heterocycles. The van der Waals surface area contributed by atoms with Crippen LogP contribution in [0.15, 0.2) is 54.6 Å². The van der Waals surface area contributed by atoms with Crippen LogP contribution in [0.25, 0.3) is 0 Å². The molecule has 6 nitrogen and oxygen atoms in total. The standard InChI is InChI=1S/C25H18F2N2O4/c1-33-22-7-6-14(13-29-23(30)16-4-2-3-5-17(16)24(29)31)10-19(22)25(32)28-9-8-18-20(27)11-15(26)12-21(18)28/h2-7,10-12H,8-9,13H2,1H3. The van der Waals surface area contributed by atoms with Crippen LogP contribution in [-0.4, -0.2) is 36.3 Å². The summed E-state index contributed by atoms with van der Waals surface area (Å²) in [5.74, 6) is -2.47.